The summed E-state index contributed by atoms with van der Waals surface area (Å²) >= 11 is 1.64. The van der Waals surface area contributed by atoms with Crippen LogP contribution in [0.4, 0.5) is 5.69 Å². The van der Waals surface area contributed by atoms with E-state index in [2.05, 4.69) is 15.5 Å². The molecule has 0 aliphatic carbocycles. The quantitative estimate of drug-likeness (QED) is 0.365. The maximum Gasteiger partial charge on any atom is 0.244 e. The van der Waals surface area contributed by atoms with E-state index in [1.165, 1.54) is 0 Å². The molecule has 220 valence electrons. The number of hydrogen-bond acceptors (Lipinski definition) is 8. The highest BCUT2D eigenvalue weighted by molar-refractivity contribution is 8.02. The minimum atomic E-state index is -0.729. The Morgan fingerprint density at radius 3 is 2.58 bits per heavy atom. The summed E-state index contributed by atoms with van der Waals surface area (Å²) in [6.45, 7) is 10.4. The minimum Gasteiger partial charge on any atom is -0.494 e. The predicted octanol–water partition coefficient (Wildman–Crippen LogP) is 1.58. The van der Waals surface area contributed by atoms with Crippen LogP contribution in [0, 0.1) is 17.8 Å². The molecule has 0 saturated carbocycles. The fraction of sp³-hybridized carbons (Fsp3) is 0.690. The molecule has 1 aromatic rings. The standard InChI is InChI=1S/C29H42N4O6S/c1-4-39-20-7-5-19(6-8-20)31-26(35)23-22-9-10-29(40-22)24(23)28(37)33(21(17-34)18(2)3)25(29)27(36)30-11-12-32-13-15-38-16-14-32/h5-8,18,21-25,34H,4,9-17H2,1-3H3,(H,30,36)(H,31,35)/t21-,22-,23+,24-,25?,29?/m0/s1. The van der Waals surface area contributed by atoms with E-state index in [9.17, 15) is 19.5 Å². The van der Waals surface area contributed by atoms with Crippen LogP contribution in [0.15, 0.2) is 24.3 Å². The number of aliphatic hydroxyl groups excluding tert-OH is 1. The molecule has 4 aliphatic heterocycles. The molecule has 2 unspecified atom stereocenters. The SMILES string of the molecule is CCOc1ccc(NC(=O)[C@@H]2[C@@H]3CCC4(S3)C(C(=O)NCCN3CCOCC3)N([C@@H](CO)C(C)C)C(=O)[C@H]24)cc1. The second-order valence-electron chi connectivity index (χ2n) is 11.5. The highest BCUT2D eigenvalue weighted by atomic mass is 32.2. The zero-order valence-corrected chi connectivity index (χ0v) is 24.5. The minimum absolute atomic E-state index is 0.0333. The molecule has 0 aromatic heterocycles. The highest BCUT2D eigenvalue weighted by Gasteiger charge is 2.74. The van der Waals surface area contributed by atoms with Crippen molar-refractivity contribution in [1.82, 2.24) is 15.1 Å². The molecule has 1 aromatic carbocycles. The smallest absolute Gasteiger partial charge is 0.244 e. The van der Waals surface area contributed by atoms with Crippen LogP contribution in [0.25, 0.3) is 0 Å². The van der Waals surface area contributed by atoms with Gasteiger partial charge in [0.2, 0.25) is 17.7 Å². The average molecular weight is 575 g/mol. The Labute approximate surface area is 240 Å². The summed E-state index contributed by atoms with van der Waals surface area (Å²) in [5.74, 6) is -1.06. The van der Waals surface area contributed by atoms with Crippen LogP contribution < -0.4 is 15.4 Å². The van der Waals surface area contributed by atoms with Gasteiger partial charge in [-0.1, -0.05) is 13.8 Å². The highest BCUT2D eigenvalue weighted by Crippen LogP contribution is 2.66. The Morgan fingerprint density at radius 1 is 1.20 bits per heavy atom. The predicted molar refractivity (Wildman–Crippen MR) is 153 cm³/mol. The number of nitrogens with zero attached hydrogens (tertiary/aromatic N) is 2. The number of likely N-dealkylation sites (tertiary alicyclic amines) is 1. The molecule has 4 aliphatic rings. The number of nitrogens with one attached hydrogen (secondary N) is 2. The van der Waals surface area contributed by atoms with Gasteiger partial charge in [-0.05, 0) is 49.9 Å². The third-order valence-electron chi connectivity index (χ3n) is 8.87. The molecular weight excluding hydrogens is 532 g/mol. The van der Waals surface area contributed by atoms with Gasteiger partial charge in [0, 0.05) is 37.1 Å². The third kappa shape index (κ3) is 5.33. The second kappa shape index (κ2) is 12.3. The van der Waals surface area contributed by atoms with Crippen molar-refractivity contribution in [2.45, 2.75) is 55.7 Å². The van der Waals surface area contributed by atoms with Gasteiger partial charge < -0.3 is 30.1 Å². The maximum absolute atomic E-state index is 14.2. The van der Waals surface area contributed by atoms with Gasteiger partial charge in [0.25, 0.3) is 0 Å². The molecule has 0 radical (unpaired) electrons. The first-order valence-electron chi connectivity index (χ1n) is 14.5. The number of ether oxygens (including phenoxy) is 2. The number of hydrogen-bond donors (Lipinski definition) is 3. The molecule has 40 heavy (non-hydrogen) atoms. The number of thioether (sulfide) groups is 1. The first-order valence-corrected chi connectivity index (χ1v) is 15.4. The number of carbonyl (C=O) groups is 3. The van der Waals surface area contributed by atoms with Crippen molar-refractivity contribution in [2.24, 2.45) is 17.8 Å². The van der Waals surface area contributed by atoms with Crippen LogP contribution in [0.2, 0.25) is 0 Å². The zero-order chi connectivity index (χ0) is 28.4. The summed E-state index contributed by atoms with van der Waals surface area (Å²) < 4.78 is 10.2. The largest absolute Gasteiger partial charge is 0.494 e. The molecule has 3 amide bonds. The maximum atomic E-state index is 14.2. The molecule has 2 bridgehead atoms. The van der Waals surface area contributed by atoms with Crippen LogP contribution in [-0.4, -0.2) is 107 Å². The molecule has 4 heterocycles. The summed E-state index contributed by atoms with van der Waals surface area (Å²) in [4.78, 5) is 45.7. The molecule has 4 fully saturated rings. The van der Waals surface area contributed by atoms with Crippen LogP contribution >= 0.6 is 11.8 Å². The van der Waals surface area contributed by atoms with Gasteiger partial charge >= 0.3 is 0 Å². The summed E-state index contributed by atoms with van der Waals surface area (Å²) in [6, 6.07) is 5.99. The van der Waals surface area contributed by atoms with Crippen molar-refractivity contribution >= 4 is 35.2 Å². The lowest BCUT2D eigenvalue weighted by molar-refractivity contribution is -0.143. The van der Waals surface area contributed by atoms with Crippen LogP contribution in [0.3, 0.4) is 0 Å². The van der Waals surface area contributed by atoms with E-state index in [4.69, 9.17) is 9.47 Å². The van der Waals surface area contributed by atoms with Crippen molar-refractivity contribution in [3.05, 3.63) is 24.3 Å². The zero-order valence-electron chi connectivity index (χ0n) is 23.6. The fourth-order valence-electron chi connectivity index (χ4n) is 6.95. The van der Waals surface area contributed by atoms with Gasteiger partial charge in [-0.2, -0.15) is 0 Å². The van der Waals surface area contributed by atoms with E-state index in [1.54, 1.807) is 28.8 Å². The van der Waals surface area contributed by atoms with Crippen molar-refractivity contribution in [3.63, 3.8) is 0 Å². The summed E-state index contributed by atoms with van der Waals surface area (Å²) in [6.07, 6.45) is 1.46. The molecule has 5 rings (SSSR count). The number of carbonyl (C=O) groups excluding carboxylic acids is 3. The lowest BCUT2D eigenvalue weighted by Gasteiger charge is -2.38. The topological polar surface area (TPSA) is 120 Å². The van der Waals surface area contributed by atoms with Crippen molar-refractivity contribution < 1.29 is 29.0 Å². The van der Waals surface area contributed by atoms with Crippen molar-refractivity contribution in [3.8, 4) is 5.75 Å². The molecule has 10 nitrogen and oxygen atoms in total. The van der Waals surface area contributed by atoms with Gasteiger partial charge in [-0.15, -0.1) is 11.8 Å². The van der Waals surface area contributed by atoms with Gasteiger partial charge in [0.1, 0.15) is 11.8 Å². The molecule has 3 N–H and O–H groups in total. The number of morpholine rings is 1. The van der Waals surface area contributed by atoms with Crippen molar-refractivity contribution in [2.75, 3.05) is 57.9 Å². The van der Waals surface area contributed by atoms with Crippen LogP contribution in [0.5, 0.6) is 5.75 Å². The number of fused-ring (bicyclic) bond motifs is 1. The van der Waals surface area contributed by atoms with Crippen LogP contribution in [0.1, 0.15) is 33.6 Å². The lowest BCUT2D eigenvalue weighted by Crippen LogP contribution is -2.58. The Morgan fingerprint density at radius 2 is 1.93 bits per heavy atom. The van der Waals surface area contributed by atoms with E-state index in [0.717, 1.165) is 25.3 Å². The summed E-state index contributed by atoms with van der Waals surface area (Å²) in [5, 5.41) is 16.4. The monoisotopic (exact) mass is 574 g/mol. The molecule has 11 heteroatoms. The Kier molecular flexibility index (Phi) is 8.94. The van der Waals surface area contributed by atoms with Gasteiger partial charge in [0.05, 0.1) is 49.1 Å². The Balaban J connectivity index is 1.37. The Bertz CT molecular complexity index is 1080. The van der Waals surface area contributed by atoms with Crippen LogP contribution in [-0.2, 0) is 19.1 Å². The first-order chi connectivity index (χ1) is 19.3. The number of rotatable bonds is 11. The molecule has 4 saturated heterocycles. The number of anilines is 1. The van der Waals surface area contributed by atoms with E-state index in [0.29, 0.717) is 45.0 Å². The van der Waals surface area contributed by atoms with E-state index in [-0.39, 0.29) is 35.5 Å². The van der Waals surface area contributed by atoms with E-state index >= 15 is 0 Å². The molecular formula is C29H42N4O6S. The molecule has 1 spiro atoms. The number of amides is 3. The van der Waals surface area contributed by atoms with Gasteiger partial charge in [0.15, 0.2) is 0 Å². The summed E-state index contributed by atoms with van der Waals surface area (Å²) in [7, 11) is 0. The Hall–Kier alpha value is -2.34. The van der Waals surface area contributed by atoms with Crippen molar-refractivity contribution in [1.29, 1.82) is 0 Å². The van der Waals surface area contributed by atoms with E-state index < -0.39 is 28.7 Å². The second-order valence-corrected chi connectivity index (χ2v) is 13.1. The third-order valence-corrected chi connectivity index (χ3v) is 10.8. The first kappa shape index (κ1) is 29.2. The van der Waals surface area contributed by atoms with Gasteiger partial charge in [-0.25, -0.2) is 0 Å². The molecule has 6 atom stereocenters. The van der Waals surface area contributed by atoms with Gasteiger partial charge in [-0.3, -0.25) is 19.3 Å². The lowest BCUT2D eigenvalue weighted by atomic mass is 9.70. The summed E-state index contributed by atoms with van der Waals surface area (Å²) in [5.41, 5.74) is 0.644. The number of aliphatic hydroxyl groups is 1. The fourth-order valence-corrected chi connectivity index (χ4v) is 9.16. The normalized spacial score (nSPS) is 30.4. The average Bonchev–Trinajstić information content (AvgIpc) is 3.58. The van der Waals surface area contributed by atoms with E-state index in [1.807, 2.05) is 32.9 Å². The number of benzene rings is 1.